The first kappa shape index (κ1) is 12.2. The third-order valence-corrected chi connectivity index (χ3v) is 2.03. The molecule has 1 rings (SSSR count). The van der Waals surface area contributed by atoms with Crippen molar-refractivity contribution in [3.63, 3.8) is 0 Å². The van der Waals surface area contributed by atoms with E-state index in [1.54, 1.807) is 0 Å². The van der Waals surface area contributed by atoms with Crippen molar-refractivity contribution in [2.24, 2.45) is 10.8 Å². The molecule has 0 aliphatic rings. The molecule has 1 aromatic heterocycles. The van der Waals surface area contributed by atoms with Gasteiger partial charge in [0.1, 0.15) is 0 Å². The van der Waals surface area contributed by atoms with E-state index >= 15 is 0 Å². The normalized spacial score (nSPS) is 13.2. The smallest absolute Gasteiger partial charge is 0.0725 e. The van der Waals surface area contributed by atoms with E-state index in [1.165, 1.54) is 5.69 Å². The highest BCUT2D eigenvalue weighted by Gasteiger charge is 2.18. The van der Waals surface area contributed by atoms with Gasteiger partial charge in [0.25, 0.3) is 0 Å². The van der Waals surface area contributed by atoms with Crippen LogP contribution in [0.2, 0.25) is 0 Å². The molecular formula is C12H23N3. The molecule has 0 unspecified atom stereocenters. The lowest BCUT2D eigenvalue weighted by Gasteiger charge is -2.22. The average molecular weight is 209 g/mol. The highest BCUT2D eigenvalue weighted by atomic mass is 15.4. The zero-order valence-corrected chi connectivity index (χ0v) is 10.8. The van der Waals surface area contributed by atoms with Crippen LogP contribution in [0.1, 0.15) is 47.2 Å². The van der Waals surface area contributed by atoms with Crippen LogP contribution in [0, 0.1) is 10.8 Å². The molecule has 86 valence electrons. The molecular weight excluding hydrogens is 186 g/mol. The largest absolute Gasteiger partial charge is 0.249 e. The first-order chi connectivity index (χ1) is 6.67. The molecule has 0 amide bonds. The van der Waals surface area contributed by atoms with Crippen molar-refractivity contribution in [1.29, 1.82) is 0 Å². The Morgan fingerprint density at radius 2 is 1.67 bits per heavy atom. The van der Waals surface area contributed by atoms with Crippen LogP contribution < -0.4 is 0 Å². The van der Waals surface area contributed by atoms with E-state index in [4.69, 9.17) is 0 Å². The lowest BCUT2D eigenvalue weighted by atomic mass is 9.90. The maximum atomic E-state index is 4.15. The van der Waals surface area contributed by atoms with Gasteiger partial charge in [0.15, 0.2) is 0 Å². The second kappa shape index (κ2) is 3.95. The van der Waals surface area contributed by atoms with E-state index in [1.807, 2.05) is 10.9 Å². The van der Waals surface area contributed by atoms with Crippen molar-refractivity contribution in [3.05, 3.63) is 11.9 Å². The fourth-order valence-corrected chi connectivity index (χ4v) is 1.54. The molecule has 0 saturated heterocycles. The van der Waals surface area contributed by atoms with Gasteiger partial charge in [-0.15, -0.1) is 5.10 Å². The summed E-state index contributed by atoms with van der Waals surface area (Å²) in [5.74, 6) is 0. The SMILES string of the molecule is CC(C)(C)Cc1cnnn1CC(C)(C)C. The summed E-state index contributed by atoms with van der Waals surface area (Å²) >= 11 is 0. The zero-order chi connectivity index (χ0) is 11.7. The van der Waals surface area contributed by atoms with E-state index in [0.717, 1.165) is 13.0 Å². The molecule has 3 nitrogen and oxygen atoms in total. The minimum atomic E-state index is 0.250. The van der Waals surface area contributed by atoms with Crippen molar-refractivity contribution in [2.45, 2.75) is 54.5 Å². The molecule has 0 aliphatic heterocycles. The monoisotopic (exact) mass is 209 g/mol. The third-order valence-electron chi connectivity index (χ3n) is 2.03. The zero-order valence-electron chi connectivity index (χ0n) is 10.8. The van der Waals surface area contributed by atoms with Crippen LogP contribution >= 0.6 is 0 Å². The summed E-state index contributed by atoms with van der Waals surface area (Å²) in [7, 11) is 0. The summed E-state index contributed by atoms with van der Waals surface area (Å²) in [5.41, 5.74) is 1.77. The van der Waals surface area contributed by atoms with Crippen molar-refractivity contribution >= 4 is 0 Å². The number of hydrogen-bond acceptors (Lipinski definition) is 2. The van der Waals surface area contributed by atoms with Gasteiger partial charge in [-0.05, 0) is 17.3 Å². The van der Waals surface area contributed by atoms with Crippen molar-refractivity contribution in [1.82, 2.24) is 15.0 Å². The summed E-state index contributed by atoms with van der Waals surface area (Å²) in [6.07, 6.45) is 2.91. The van der Waals surface area contributed by atoms with E-state index in [2.05, 4.69) is 51.9 Å². The fraction of sp³-hybridized carbons (Fsp3) is 0.833. The summed E-state index contributed by atoms with van der Waals surface area (Å²) in [5, 5.41) is 8.16. The molecule has 1 aromatic rings. The van der Waals surface area contributed by atoms with Crippen LogP contribution in [0.4, 0.5) is 0 Å². The Bertz CT molecular complexity index is 282. The van der Waals surface area contributed by atoms with Gasteiger partial charge in [0.2, 0.25) is 0 Å². The Morgan fingerprint density at radius 3 is 2.13 bits per heavy atom. The quantitative estimate of drug-likeness (QED) is 0.750. The molecule has 0 spiro atoms. The highest BCUT2D eigenvalue weighted by Crippen LogP contribution is 2.22. The van der Waals surface area contributed by atoms with E-state index in [-0.39, 0.29) is 10.8 Å². The molecule has 15 heavy (non-hydrogen) atoms. The van der Waals surface area contributed by atoms with Crippen LogP contribution in [0.3, 0.4) is 0 Å². The summed E-state index contributed by atoms with van der Waals surface area (Å²) < 4.78 is 2.03. The van der Waals surface area contributed by atoms with Crippen LogP contribution in [-0.4, -0.2) is 15.0 Å². The number of nitrogens with zero attached hydrogens (tertiary/aromatic N) is 3. The first-order valence-electron chi connectivity index (χ1n) is 5.55. The topological polar surface area (TPSA) is 30.7 Å². The maximum Gasteiger partial charge on any atom is 0.0725 e. The van der Waals surface area contributed by atoms with E-state index < -0.39 is 0 Å². The Morgan fingerprint density at radius 1 is 1.07 bits per heavy atom. The van der Waals surface area contributed by atoms with Gasteiger partial charge >= 0.3 is 0 Å². The molecule has 0 bridgehead atoms. The van der Waals surface area contributed by atoms with Crippen LogP contribution in [0.5, 0.6) is 0 Å². The Labute approximate surface area is 92.9 Å². The molecule has 1 heterocycles. The fourth-order valence-electron chi connectivity index (χ4n) is 1.54. The van der Waals surface area contributed by atoms with Crippen LogP contribution in [0.25, 0.3) is 0 Å². The molecule has 0 N–H and O–H groups in total. The molecule has 0 atom stereocenters. The number of aromatic nitrogens is 3. The summed E-state index contributed by atoms with van der Waals surface area (Å²) in [4.78, 5) is 0. The molecule has 0 radical (unpaired) electrons. The van der Waals surface area contributed by atoms with Gasteiger partial charge in [-0.2, -0.15) is 0 Å². The van der Waals surface area contributed by atoms with Gasteiger partial charge < -0.3 is 0 Å². The minimum absolute atomic E-state index is 0.250. The highest BCUT2D eigenvalue weighted by molar-refractivity contribution is 4.98. The average Bonchev–Trinajstić information content (AvgIpc) is 2.29. The third kappa shape index (κ3) is 4.45. The molecule has 0 aliphatic carbocycles. The molecule has 0 saturated carbocycles. The molecule has 3 heteroatoms. The number of rotatable bonds is 2. The molecule has 0 fully saturated rings. The second-order valence-electron chi connectivity index (χ2n) is 6.68. The van der Waals surface area contributed by atoms with Gasteiger partial charge in [-0.1, -0.05) is 46.8 Å². The predicted octanol–water partition coefficient (Wildman–Crippen LogP) is 2.91. The van der Waals surface area contributed by atoms with Gasteiger partial charge in [-0.25, -0.2) is 4.68 Å². The summed E-state index contributed by atoms with van der Waals surface area (Å²) in [6, 6.07) is 0. The lowest BCUT2D eigenvalue weighted by Crippen LogP contribution is -2.21. The Balaban J connectivity index is 2.79. The van der Waals surface area contributed by atoms with Crippen molar-refractivity contribution < 1.29 is 0 Å². The lowest BCUT2D eigenvalue weighted by molar-refractivity contribution is 0.305. The van der Waals surface area contributed by atoms with Crippen LogP contribution in [-0.2, 0) is 13.0 Å². The standard InChI is InChI=1S/C12H23N3/c1-11(2,3)7-10-8-13-14-15(10)9-12(4,5)6/h8H,7,9H2,1-6H3. The maximum absolute atomic E-state index is 4.15. The Kier molecular flexibility index (Phi) is 3.22. The summed E-state index contributed by atoms with van der Waals surface area (Å²) in [6.45, 7) is 14.3. The van der Waals surface area contributed by atoms with E-state index in [9.17, 15) is 0 Å². The minimum Gasteiger partial charge on any atom is -0.249 e. The molecule has 0 aromatic carbocycles. The van der Waals surface area contributed by atoms with Gasteiger partial charge in [0.05, 0.1) is 11.9 Å². The van der Waals surface area contributed by atoms with Crippen molar-refractivity contribution in [3.8, 4) is 0 Å². The van der Waals surface area contributed by atoms with Crippen molar-refractivity contribution in [2.75, 3.05) is 0 Å². The Hall–Kier alpha value is -0.860. The second-order valence-corrected chi connectivity index (χ2v) is 6.68. The predicted molar refractivity (Wildman–Crippen MR) is 62.6 cm³/mol. The first-order valence-corrected chi connectivity index (χ1v) is 5.55. The van der Waals surface area contributed by atoms with E-state index in [0.29, 0.717) is 0 Å². The van der Waals surface area contributed by atoms with Gasteiger partial charge in [-0.3, -0.25) is 0 Å². The van der Waals surface area contributed by atoms with Gasteiger partial charge in [0, 0.05) is 6.54 Å². The number of hydrogen-bond donors (Lipinski definition) is 0. The van der Waals surface area contributed by atoms with Crippen LogP contribution in [0.15, 0.2) is 6.20 Å².